The zero-order valence-corrected chi connectivity index (χ0v) is 12.3. The lowest BCUT2D eigenvalue weighted by Crippen LogP contribution is -2.24. The van der Waals surface area contributed by atoms with Crippen LogP contribution in [0.1, 0.15) is 19.5 Å². The second-order valence-corrected chi connectivity index (χ2v) is 5.45. The number of anilines is 1. The van der Waals surface area contributed by atoms with Gasteiger partial charge >= 0.3 is 0 Å². The van der Waals surface area contributed by atoms with Gasteiger partial charge in [-0.25, -0.2) is 0 Å². The number of non-ortho nitro benzene ring substituents is 1. The minimum absolute atomic E-state index is 0.0347. The number of benzene rings is 1. The maximum atomic E-state index is 11.1. The average molecular weight is 289 g/mol. The fourth-order valence-electron chi connectivity index (χ4n) is 2.09. The molecule has 0 aliphatic rings. The summed E-state index contributed by atoms with van der Waals surface area (Å²) in [6.45, 7) is 6.11. The summed E-state index contributed by atoms with van der Waals surface area (Å²) >= 11 is 0. The normalized spacial score (nSPS) is 12.6. The Hall–Kier alpha value is -2.21. The first-order valence-electron chi connectivity index (χ1n) is 6.86. The third-order valence-electron chi connectivity index (χ3n) is 3.48. The van der Waals surface area contributed by atoms with Crippen molar-refractivity contribution in [1.29, 1.82) is 0 Å². The van der Waals surface area contributed by atoms with E-state index in [-0.39, 0.29) is 11.6 Å². The quantitative estimate of drug-likeness (QED) is 0.652. The molecule has 0 aliphatic heterocycles. The van der Waals surface area contributed by atoms with Gasteiger partial charge in [-0.15, -0.1) is 0 Å². The minimum Gasteiger partial charge on any atom is -0.391 e. The fraction of sp³-hybridized carbons (Fsp3) is 0.400. The average Bonchev–Trinajstić information content (AvgIpc) is 2.43. The first-order chi connectivity index (χ1) is 9.90. The van der Waals surface area contributed by atoms with Crippen molar-refractivity contribution in [2.45, 2.75) is 26.9 Å². The molecule has 0 amide bonds. The Labute approximate surface area is 123 Å². The molecule has 0 fully saturated rings. The number of hydrogen-bond donors (Lipinski definition) is 2. The minimum atomic E-state index is -0.474. The molecule has 2 N–H and O–H groups in total. The molecule has 6 nitrogen and oxygen atoms in total. The molecular weight excluding hydrogens is 270 g/mol. The van der Waals surface area contributed by atoms with Crippen molar-refractivity contribution in [3.63, 3.8) is 0 Å². The van der Waals surface area contributed by atoms with Crippen molar-refractivity contribution in [2.75, 3.05) is 11.9 Å². The molecule has 1 aromatic carbocycles. The second kappa shape index (κ2) is 6.05. The van der Waals surface area contributed by atoms with Gasteiger partial charge in [0, 0.05) is 35.6 Å². The van der Waals surface area contributed by atoms with E-state index in [1.54, 1.807) is 6.07 Å². The number of nitrogens with zero attached hydrogens (tertiary/aromatic N) is 2. The van der Waals surface area contributed by atoms with Crippen LogP contribution in [-0.4, -0.2) is 27.7 Å². The maximum absolute atomic E-state index is 11.1. The van der Waals surface area contributed by atoms with Crippen molar-refractivity contribution in [2.24, 2.45) is 5.92 Å². The highest BCUT2D eigenvalue weighted by atomic mass is 16.6. The van der Waals surface area contributed by atoms with Gasteiger partial charge in [0.05, 0.1) is 16.4 Å². The first-order valence-corrected chi connectivity index (χ1v) is 6.86. The van der Waals surface area contributed by atoms with Crippen molar-refractivity contribution in [3.05, 3.63) is 40.2 Å². The third kappa shape index (κ3) is 3.28. The Kier molecular flexibility index (Phi) is 4.37. The summed E-state index contributed by atoms with van der Waals surface area (Å²) in [5, 5.41) is 25.4. The van der Waals surface area contributed by atoms with Gasteiger partial charge in [0.15, 0.2) is 0 Å². The molecule has 0 bridgehead atoms. The molecule has 1 heterocycles. The smallest absolute Gasteiger partial charge is 0.278 e. The predicted octanol–water partition coefficient (Wildman–Crippen LogP) is 2.88. The maximum Gasteiger partial charge on any atom is 0.278 e. The Morgan fingerprint density at radius 3 is 2.71 bits per heavy atom. The van der Waals surface area contributed by atoms with E-state index in [1.807, 2.05) is 26.8 Å². The largest absolute Gasteiger partial charge is 0.391 e. The van der Waals surface area contributed by atoms with E-state index < -0.39 is 11.0 Å². The Morgan fingerprint density at radius 1 is 1.38 bits per heavy atom. The van der Waals surface area contributed by atoms with Crippen LogP contribution in [0.15, 0.2) is 24.4 Å². The zero-order chi connectivity index (χ0) is 15.6. The Bertz CT molecular complexity index is 671. The molecule has 112 valence electrons. The third-order valence-corrected chi connectivity index (χ3v) is 3.48. The van der Waals surface area contributed by atoms with Crippen LogP contribution in [0, 0.1) is 23.0 Å². The van der Waals surface area contributed by atoms with Gasteiger partial charge in [-0.1, -0.05) is 13.8 Å². The number of rotatable bonds is 5. The van der Waals surface area contributed by atoms with Crippen molar-refractivity contribution < 1.29 is 10.0 Å². The molecule has 21 heavy (non-hydrogen) atoms. The predicted molar refractivity (Wildman–Crippen MR) is 82.5 cm³/mol. The van der Waals surface area contributed by atoms with Crippen LogP contribution >= 0.6 is 0 Å². The second-order valence-electron chi connectivity index (χ2n) is 5.45. The molecular formula is C15H19N3O3. The van der Waals surface area contributed by atoms with Gasteiger partial charge in [0.2, 0.25) is 0 Å². The number of aromatic nitrogens is 1. The molecule has 0 saturated heterocycles. The van der Waals surface area contributed by atoms with Crippen molar-refractivity contribution in [1.82, 2.24) is 4.98 Å². The number of pyridine rings is 1. The van der Waals surface area contributed by atoms with Crippen LogP contribution in [0.3, 0.4) is 0 Å². The van der Waals surface area contributed by atoms with Crippen LogP contribution in [0.4, 0.5) is 11.4 Å². The highest BCUT2D eigenvalue weighted by molar-refractivity contribution is 5.99. The van der Waals surface area contributed by atoms with Gasteiger partial charge < -0.3 is 10.4 Å². The van der Waals surface area contributed by atoms with E-state index in [4.69, 9.17) is 0 Å². The van der Waals surface area contributed by atoms with E-state index in [0.29, 0.717) is 11.9 Å². The van der Waals surface area contributed by atoms with Gasteiger partial charge in [-0.05, 0) is 25.0 Å². The molecule has 0 radical (unpaired) electrons. The lowest BCUT2D eigenvalue weighted by molar-refractivity contribution is -0.383. The molecule has 1 aromatic heterocycles. The fourth-order valence-corrected chi connectivity index (χ4v) is 2.09. The summed E-state index contributed by atoms with van der Waals surface area (Å²) in [6, 6.07) is 4.95. The van der Waals surface area contributed by atoms with Crippen LogP contribution in [0.2, 0.25) is 0 Å². The lowest BCUT2D eigenvalue weighted by atomic mass is 10.1. The van der Waals surface area contributed by atoms with Gasteiger partial charge in [-0.3, -0.25) is 15.1 Å². The van der Waals surface area contributed by atoms with Crippen molar-refractivity contribution >= 4 is 22.1 Å². The van der Waals surface area contributed by atoms with Crippen molar-refractivity contribution in [3.8, 4) is 0 Å². The number of aliphatic hydroxyl groups is 1. The number of nitrogens with one attached hydrogen (secondary N) is 1. The van der Waals surface area contributed by atoms with Crippen LogP contribution in [0.5, 0.6) is 0 Å². The number of hydrogen-bond acceptors (Lipinski definition) is 5. The molecule has 2 rings (SSSR count). The van der Waals surface area contributed by atoms with Gasteiger partial charge in [0.1, 0.15) is 0 Å². The SMILES string of the molecule is Cc1cc2c(NCC(O)C(C)C)ccc([N+](=O)[O-])c2cn1. The van der Waals surface area contributed by atoms with Gasteiger partial charge in [0.25, 0.3) is 5.69 Å². The van der Waals surface area contributed by atoms with E-state index in [0.717, 1.165) is 16.8 Å². The lowest BCUT2D eigenvalue weighted by Gasteiger charge is -2.17. The standard InChI is InChI=1S/C15H19N3O3/c1-9(2)15(19)8-17-13-4-5-14(18(20)21)12-7-16-10(3)6-11(12)13/h4-7,9,15,17,19H,8H2,1-3H3. The first kappa shape index (κ1) is 15.2. The number of nitro groups is 1. The molecule has 1 atom stereocenters. The van der Waals surface area contributed by atoms with E-state index in [9.17, 15) is 15.2 Å². The van der Waals surface area contributed by atoms with Crippen LogP contribution < -0.4 is 5.32 Å². The highest BCUT2D eigenvalue weighted by Crippen LogP contribution is 2.31. The zero-order valence-electron chi connectivity index (χ0n) is 12.3. The summed E-state index contributed by atoms with van der Waals surface area (Å²) in [4.78, 5) is 14.8. The molecule has 0 spiro atoms. The molecule has 2 aromatic rings. The highest BCUT2D eigenvalue weighted by Gasteiger charge is 2.16. The number of nitro benzene ring substituents is 1. The molecule has 0 aliphatic carbocycles. The van der Waals surface area contributed by atoms with E-state index >= 15 is 0 Å². The Morgan fingerprint density at radius 2 is 2.10 bits per heavy atom. The Balaban J connectivity index is 2.43. The molecule has 1 unspecified atom stereocenters. The molecule has 0 saturated carbocycles. The van der Waals surface area contributed by atoms with E-state index in [1.165, 1.54) is 12.3 Å². The van der Waals surface area contributed by atoms with Crippen LogP contribution in [-0.2, 0) is 0 Å². The van der Waals surface area contributed by atoms with Gasteiger partial charge in [-0.2, -0.15) is 0 Å². The van der Waals surface area contributed by atoms with E-state index in [2.05, 4.69) is 10.3 Å². The number of fused-ring (bicyclic) bond motifs is 1. The summed E-state index contributed by atoms with van der Waals surface area (Å²) in [5.41, 5.74) is 1.59. The molecule has 6 heteroatoms. The number of aliphatic hydroxyl groups excluding tert-OH is 1. The monoisotopic (exact) mass is 289 g/mol. The number of aryl methyl sites for hydroxylation is 1. The summed E-state index contributed by atoms with van der Waals surface area (Å²) in [7, 11) is 0. The summed E-state index contributed by atoms with van der Waals surface area (Å²) in [5.74, 6) is 0.144. The summed E-state index contributed by atoms with van der Waals surface area (Å²) < 4.78 is 0. The topological polar surface area (TPSA) is 88.3 Å². The summed E-state index contributed by atoms with van der Waals surface area (Å²) in [6.07, 6.45) is 1.05. The van der Waals surface area contributed by atoms with Crippen LogP contribution in [0.25, 0.3) is 10.8 Å².